The number of anilines is 1. The minimum Gasteiger partial charge on any atom is -0.389 e. The van der Waals surface area contributed by atoms with Gasteiger partial charge in [-0.2, -0.15) is 0 Å². The van der Waals surface area contributed by atoms with Gasteiger partial charge in [-0.3, -0.25) is 0 Å². The van der Waals surface area contributed by atoms with Gasteiger partial charge in [-0.05, 0) is 24.1 Å². The largest absolute Gasteiger partial charge is 0.389 e. The Morgan fingerprint density at radius 3 is 2.50 bits per heavy atom. The van der Waals surface area contributed by atoms with Crippen molar-refractivity contribution in [3.05, 3.63) is 65.2 Å². The Bertz CT molecular complexity index is 550. The van der Waals surface area contributed by atoms with Crippen LogP contribution < -0.4 is 11.1 Å². The molecule has 0 atom stereocenters. The van der Waals surface area contributed by atoms with Crippen LogP contribution in [0, 0.1) is 6.92 Å². The zero-order valence-corrected chi connectivity index (χ0v) is 11.1. The van der Waals surface area contributed by atoms with Crippen molar-refractivity contribution in [2.24, 2.45) is 5.73 Å². The summed E-state index contributed by atoms with van der Waals surface area (Å²) in [6.45, 7) is 2.82. The Morgan fingerprint density at radius 2 is 1.83 bits per heavy atom. The molecule has 3 heteroatoms. The third kappa shape index (κ3) is 2.87. The molecule has 2 aromatic carbocycles. The van der Waals surface area contributed by atoms with Crippen LogP contribution in [-0.2, 0) is 6.54 Å². The van der Waals surface area contributed by atoms with E-state index in [1.54, 1.807) is 0 Å². The normalized spacial score (nSPS) is 10.1. The van der Waals surface area contributed by atoms with Crippen molar-refractivity contribution in [3.63, 3.8) is 0 Å². The van der Waals surface area contributed by atoms with Crippen molar-refractivity contribution in [1.29, 1.82) is 0 Å². The topological polar surface area (TPSA) is 38.0 Å². The van der Waals surface area contributed by atoms with Crippen molar-refractivity contribution >= 4 is 22.9 Å². The molecule has 2 rings (SSSR count). The summed E-state index contributed by atoms with van der Waals surface area (Å²) in [5.74, 6) is 0. The van der Waals surface area contributed by atoms with E-state index in [0.29, 0.717) is 4.99 Å². The first-order chi connectivity index (χ1) is 8.68. The predicted octanol–water partition coefficient (Wildman–Crippen LogP) is 3.24. The van der Waals surface area contributed by atoms with E-state index >= 15 is 0 Å². The molecule has 18 heavy (non-hydrogen) atoms. The van der Waals surface area contributed by atoms with Crippen molar-refractivity contribution in [1.82, 2.24) is 0 Å². The van der Waals surface area contributed by atoms with Crippen molar-refractivity contribution < 1.29 is 0 Å². The molecule has 0 unspecified atom stereocenters. The Hall–Kier alpha value is -1.87. The highest BCUT2D eigenvalue weighted by Gasteiger charge is 2.07. The molecule has 0 radical (unpaired) electrons. The molecule has 2 nitrogen and oxygen atoms in total. The average molecular weight is 256 g/mol. The van der Waals surface area contributed by atoms with E-state index in [9.17, 15) is 0 Å². The van der Waals surface area contributed by atoms with E-state index in [1.165, 1.54) is 5.56 Å². The van der Waals surface area contributed by atoms with Gasteiger partial charge in [-0.15, -0.1) is 0 Å². The molecule has 3 N–H and O–H groups in total. The van der Waals surface area contributed by atoms with E-state index in [-0.39, 0.29) is 0 Å². The second-order valence-corrected chi connectivity index (χ2v) is 4.64. The van der Waals surface area contributed by atoms with E-state index in [4.69, 9.17) is 18.0 Å². The van der Waals surface area contributed by atoms with E-state index in [1.807, 2.05) is 30.3 Å². The molecule has 92 valence electrons. The fourth-order valence-corrected chi connectivity index (χ4v) is 2.06. The Kier molecular flexibility index (Phi) is 3.95. The highest BCUT2D eigenvalue weighted by Crippen LogP contribution is 2.21. The van der Waals surface area contributed by atoms with Crippen molar-refractivity contribution in [2.45, 2.75) is 13.5 Å². The maximum Gasteiger partial charge on any atom is 0.106 e. The highest BCUT2D eigenvalue weighted by atomic mass is 32.1. The van der Waals surface area contributed by atoms with Gasteiger partial charge in [0.25, 0.3) is 0 Å². The lowest BCUT2D eigenvalue weighted by atomic mass is 10.1. The van der Waals surface area contributed by atoms with Crippen LogP contribution in [0.15, 0.2) is 48.5 Å². The van der Waals surface area contributed by atoms with Gasteiger partial charge >= 0.3 is 0 Å². The lowest BCUT2D eigenvalue weighted by Gasteiger charge is -2.14. The first kappa shape index (κ1) is 12.6. The zero-order chi connectivity index (χ0) is 13.0. The quantitative estimate of drug-likeness (QED) is 0.825. The van der Waals surface area contributed by atoms with E-state index in [0.717, 1.165) is 23.4 Å². The number of hydrogen-bond acceptors (Lipinski definition) is 2. The summed E-state index contributed by atoms with van der Waals surface area (Å²) in [6, 6.07) is 16.2. The minimum absolute atomic E-state index is 0.425. The molecule has 0 fully saturated rings. The van der Waals surface area contributed by atoms with Crippen molar-refractivity contribution in [2.75, 3.05) is 5.32 Å². The number of rotatable bonds is 4. The summed E-state index contributed by atoms with van der Waals surface area (Å²) in [5.41, 5.74) is 10.1. The summed E-state index contributed by atoms with van der Waals surface area (Å²) in [5, 5.41) is 3.41. The number of nitrogens with two attached hydrogens (primary N) is 1. The van der Waals surface area contributed by atoms with Crippen LogP contribution in [0.1, 0.15) is 16.7 Å². The van der Waals surface area contributed by atoms with Gasteiger partial charge in [0, 0.05) is 17.8 Å². The molecule has 0 bridgehead atoms. The average Bonchev–Trinajstić information content (AvgIpc) is 2.38. The Labute approximate surface area is 113 Å². The lowest BCUT2D eigenvalue weighted by Crippen LogP contribution is -2.14. The highest BCUT2D eigenvalue weighted by molar-refractivity contribution is 7.80. The van der Waals surface area contributed by atoms with Crippen molar-refractivity contribution in [3.8, 4) is 0 Å². The van der Waals surface area contributed by atoms with Gasteiger partial charge in [0.15, 0.2) is 0 Å². The van der Waals surface area contributed by atoms with Gasteiger partial charge in [-0.1, -0.05) is 54.7 Å². The number of aryl methyl sites for hydroxylation is 1. The summed E-state index contributed by atoms with van der Waals surface area (Å²) >= 11 is 5.08. The maximum atomic E-state index is 5.74. The third-order valence-corrected chi connectivity index (χ3v) is 3.07. The molecular formula is C15H16N2S. The number of thiocarbonyl (C=S) groups is 1. The first-order valence-electron chi connectivity index (χ1n) is 5.85. The lowest BCUT2D eigenvalue weighted by molar-refractivity contribution is 1.14. The van der Waals surface area contributed by atoms with E-state index < -0.39 is 0 Å². The molecule has 0 aliphatic rings. The number of benzene rings is 2. The smallest absolute Gasteiger partial charge is 0.106 e. The first-order valence-corrected chi connectivity index (χ1v) is 6.26. The summed E-state index contributed by atoms with van der Waals surface area (Å²) in [7, 11) is 0. The summed E-state index contributed by atoms with van der Waals surface area (Å²) < 4.78 is 0. The molecule has 0 saturated heterocycles. The molecule has 0 heterocycles. The third-order valence-electron chi connectivity index (χ3n) is 2.85. The molecule has 0 spiro atoms. The number of para-hydroxylation sites is 1. The minimum atomic E-state index is 0.425. The molecular weight excluding hydrogens is 240 g/mol. The second-order valence-electron chi connectivity index (χ2n) is 4.20. The molecule has 0 aliphatic carbocycles. The van der Waals surface area contributed by atoms with Gasteiger partial charge < -0.3 is 11.1 Å². The SMILES string of the molecule is Cc1cccc(C(N)=S)c1NCc1ccccc1. The van der Waals surface area contributed by atoms with Crippen LogP contribution in [0.25, 0.3) is 0 Å². The molecule has 0 aromatic heterocycles. The van der Waals surface area contributed by atoms with Crippen LogP contribution in [0.5, 0.6) is 0 Å². The number of nitrogens with one attached hydrogen (secondary N) is 1. The monoisotopic (exact) mass is 256 g/mol. The molecule has 0 saturated carbocycles. The Morgan fingerprint density at radius 1 is 1.11 bits per heavy atom. The van der Waals surface area contributed by atoms with Crippen LogP contribution in [0.4, 0.5) is 5.69 Å². The summed E-state index contributed by atoms with van der Waals surface area (Å²) in [6.07, 6.45) is 0. The molecule has 0 amide bonds. The fraction of sp³-hybridized carbons (Fsp3) is 0.133. The second kappa shape index (κ2) is 5.65. The summed E-state index contributed by atoms with van der Waals surface area (Å²) in [4.78, 5) is 0.425. The Balaban J connectivity index is 2.21. The number of hydrogen-bond donors (Lipinski definition) is 2. The predicted molar refractivity (Wildman–Crippen MR) is 80.8 cm³/mol. The van der Waals surface area contributed by atoms with Gasteiger partial charge in [0.1, 0.15) is 4.99 Å². The standard InChI is InChI=1S/C15H16N2S/c1-11-6-5-9-13(15(16)18)14(11)17-10-12-7-3-2-4-8-12/h2-9,17H,10H2,1H3,(H2,16,18). The van der Waals surface area contributed by atoms with Crippen LogP contribution >= 0.6 is 12.2 Å². The van der Waals surface area contributed by atoms with Crippen LogP contribution in [0.2, 0.25) is 0 Å². The maximum absolute atomic E-state index is 5.74. The zero-order valence-electron chi connectivity index (χ0n) is 10.3. The van der Waals surface area contributed by atoms with E-state index in [2.05, 4.69) is 30.4 Å². The fourth-order valence-electron chi connectivity index (χ4n) is 1.89. The van der Waals surface area contributed by atoms with Crippen LogP contribution in [-0.4, -0.2) is 4.99 Å². The van der Waals surface area contributed by atoms with Gasteiger partial charge in [0.2, 0.25) is 0 Å². The van der Waals surface area contributed by atoms with Crippen LogP contribution in [0.3, 0.4) is 0 Å². The van der Waals surface area contributed by atoms with Gasteiger partial charge in [-0.25, -0.2) is 0 Å². The molecule has 2 aromatic rings. The van der Waals surface area contributed by atoms with Gasteiger partial charge in [0.05, 0.1) is 0 Å². The molecule has 0 aliphatic heterocycles.